The Morgan fingerprint density at radius 2 is 1.93 bits per heavy atom. The number of carbonyl (C=O) groups excluding carboxylic acids is 3. The van der Waals surface area contributed by atoms with Crippen LogP contribution >= 0.6 is 11.3 Å². The average Bonchev–Trinajstić information content (AvgIpc) is 3.43. The Morgan fingerprint density at radius 1 is 1.17 bits per heavy atom. The summed E-state index contributed by atoms with van der Waals surface area (Å²) in [7, 11) is 2.54. The van der Waals surface area contributed by atoms with Crippen LogP contribution in [0.5, 0.6) is 0 Å². The van der Waals surface area contributed by atoms with Gasteiger partial charge in [0.25, 0.3) is 0 Å². The lowest BCUT2D eigenvalue weighted by Crippen LogP contribution is -2.41. The highest BCUT2D eigenvalue weighted by molar-refractivity contribution is 7.08. The first-order valence-electron chi connectivity index (χ1n) is 9.35. The Bertz CT molecular complexity index is 896. The van der Waals surface area contributed by atoms with E-state index in [0.717, 1.165) is 19.4 Å². The highest BCUT2D eigenvalue weighted by Gasteiger charge is 2.33. The zero-order valence-corrected chi connectivity index (χ0v) is 17.5. The predicted molar refractivity (Wildman–Crippen MR) is 110 cm³/mol. The normalized spacial score (nSPS) is 17.6. The second kappa shape index (κ2) is 9.19. The Labute approximate surface area is 173 Å². The number of nitrogens with one attached hydrogen (secondary N) is 1. The maximum atomic E-state index is 13.0. The maximum Gasteiger partial charge on any atom is 0.339 e. The lowest BCUT2D eigenvalue weighted by atomic mass is 10.1. The summed E-state index contributed by atoms with van der Waals surface area (Å²) in [6, 6.07) is 6.22. The number of esters is 2. The fourth-order valence-corrected chi connectivity index (χ4v) is 4.35. The van der Waals surface area contributed by atoms with E-state index in [2.05, 4.69) is 21.7 Å². The molecular weight excluding hydrogens is 392 g/mol. The van der Waals surface area contributed by atoms with Gasteiger partial charge in [-0.25, -0.2) is 9.59 Å². The minimum absolute atomic E-state index is 0.177. The van der Waals surface area contributed by atoms with Gasteiger partial charge in [-0.2, -0.15) is 11.3 Å². The molecule has 1 saturated heterocycles. The molecule has 2 aromatic rings. The van der Waals surface area contributed by atoms with Crippen molar-refractivity contribution in [1.29, 1.82) is 0 Å². The average molecular weight is 416 g/mol. The molecule has 1 amide bonds. The number of amides is 1. The molecule has 0 radical (unpaired) electrons. The second-order valence-electron chi connectivity index (χ2n) is 6.86. The molecule has 1 aromatic carbocycles. The lowest BCUT2D eigenvalue weighted by molar-refractivity contribution is -0.121. The van der Waals surface area contributed by atoms with E-state index >= 15 is 0 Å². The monoisotopic (exact) mass is 416 g/mol. The minimum atomic E-state index is -0.596. The van der Waals surface area contributed by atoms with Crippen LogP contribution in [0, 0.1) is 0 Å². The molecule has 8 heteroatoms. The van der Waals surface area contributed by atoms with Gasteiger partial charge in [0.1, 0.15) is 0 Å². The third-order valence-electron chi connectivity index (χ3n) is 5.20. The SMILES string of the molecule is COC(=O)c1ccc(C(=O)OC)c(NC(=O)[C@H](C)N2CCC[C@H]2c2ccsc2)c1. The van der Waals surface area contributed by atoms with Crippen molar-refractivity contribution in [3.8, 4) is 0 Å². The summed E-state index contributed by atoms with van der Waals surface area (Å²) in [6.45, 7) is 2.67. The number of likely N-dealkylation sites (tertiary alicyclic amines) is 1. The first kappa shape index (κ1) is 21.0. The number of hydrogen-bond donors (Lipinski definition) is 1. The largest absolute Gasteiger partial charge is 0.465 e. The summed E-state index contributed by atoms with van der Waals surface area (Å²) in [5, 5.41) is 6.95. The standard InChI is InChI=1S/C21H24N2O5S/c1-13(23-9-4-5-18(23)15-8-10-29-12-15)19(24)22-17-11-14(20(25)27-2)6-7-16(17)21(26)28-3/h6-8,10-13,18H,4-5,9H2,1-3H3,(H,22,24)/t13-,18-/m0/s1. The van der Waals surface area contributed by atoms with Crippen molar-refractivity contribution < 1.29 is 23.9 Å². The predicted octanol–water partition coefficient (Wildman–Crippen LogP) is 3.49. The molecule has 0 aliphatic carbocycles. The summed E-state index contributed by atoms with van der Waals surface area (Å²) in [5.41, 5.74) is 1.86. The minimum Gasteiger partial charge on any atom is -0.465 e. The summed E-state index contributed by atoms with van der Waals surface area (Å²) < 4.78 is 9.53. The van der Waals surface area contributed by atoms with Crippen molar-refractivity contribution in [2.45, 2.75) is 31.8 Å². The number of nitrogens with zero attached hydrogens (tertiary/aromatic N) is 1. The van der Waals surface area contributed by atoms with Crippen LogP contribution in [-0.4, -0.2) is 49.6 Å². The van der Waals surface area contributed by atoms with Gasteiger partial charge < -0.3 is 14.8 Å². The van der Waals surface area contributed by atoms with Crippen LogP contribution in [0.25, 0.3) is 0 Å². The van der Waals surface area contributed by atoms with E-state index in [1.807, 2.05) is 12.3 Å². The topological polar surface area (TPSA) is 84.9 Å². The molecule has 1 aliphatic rings. The van der Waals surface area contributed by atoms with Gasteiger partial charge in [0.2, 0.25) is 5.91 Å². The Hall–Kier alpha value is -2.71. The lowest BCUT2D eigenvalue weighted by Gasteiger charge is -2.29. The van der Waals surface area contributed by atoms with Gasteiger partial charge >= 0.3 is 11.9 Å². The number of hydrogen-bond acceptors (Lipinski definition) is 7. The van der Waals surface area contributed by atoms with Crippen LogP contribution in [0.2, 0.25) is 0 Å². The van der Waals surface area contributed by atoms with E-state index in [9.17, 15) is 14.4 Å². The quantitative estimate of drug-likeness (QED) is 0.726. The van der Waals surface area contributed by atoms with E-state index in [1.54, 1.807) is 11.3 Å². The fourth-order valence-electron chi connectivity index (χ4n) is 3.64. The molecular formula is C21H24N2O5S. The molecule has 7 nitrogen and oxygen atoms in total. The molecule has 1 fully saturated rings. The Balaban J connectivity index is 1.83. The first-order chi connectivity index (χ1) is 14.0. The van der Waals surface area contributed by atoms with Crippen molar-refractivity contribution in [3.63, 3.8) is 0 Å². The van der Waals surface area contributed by atoms with Crippen LogP contribution in [0.15, 0.2) is 35.0 Å². The number of ether oxygens (including phenoxy) is 2. The summed E-state index contributed by atoms with van der Waals surface area (Å²) in [6.07, 6.45) is 2.02. The molecule has 29 heavy (non-hydrogen) atoms. The molecule has 1 aromatic heterocycles. The van der Waals surface area contributed by atoms with E-state index in [1.165, 1.54) is 38.0 Å². The number of carbonyl (C=O) groups is 3. The van der Waals surface area contributed by atoms with Gasteiger partial charge in [0.15, 0.2) is 0 Å². The highest BCUT2D eigenvalue weighted by Crippen LogP contribution is 2.35. The molecule has 2 atom stereocenters. The number of anilines is 1. The molecule has 2 heterocycles. The maximum absolute atomic E-state index is 13.0. The zero-order valence-electron chi connectivity index (χ0n) is 16.6. The van der Waals surface area contributed by atoms with E-state index < -0.39 is 18.0 Å². The van der Waals surface area contributed by atoms with Crippen molar-refractivity contribution in [2.75, 3.05) is 26.1 Å². The smallest absolute Gasteiger partial charge is 0.339 e. The Morgan fingerprint density at radius 3 is 2.59 bits per heavy atom. The van der Waals surface area contributed by atoms with E-state index in [4.69, 9.17) is 9.47 Å². The van der Waals surface area contributed by atoms with Gasteiger partial charge in [0.05, 0.1) is 37.1 Å². The van der Waals surface area contributed by atoms with Gasteiger partial charge in [-0.05, 0) is 66.9 Å². The third-order valence-corrected chi connectivity index (χ3v) is 5.90. The number of rotatable bonds is 6. The molecule has 0 spiro atoms. The van der Waals surface area contributed by atoms with Crippen LogP contribution in [0.1, 0.15) is 52.1 Å². The van der Waals surface area contributed by atoms with Gasteiger partial charge in [-0.15, -0.1) is 0 Å². The molecule has 154 valence electrons. The molecule has 3 rings (SSSR count). The van der Waals surface area contributed by atoms with Gasteiger partial charge in [-0.1, -0.05) is 0 Å². The second-order valence-corrected chi connectivity index (χ2v) is 7.64. The van der Waals surface area contributed by atoms with Crippen LogP contribution < -0.4 is 5.32 Å². The molecule has 0 saturated carbocycles. The van der Waals surface area contributed by atoms with Crippen LogP contribution in [-0.2, 0) is 14.3 Å². The molecule has 1 aliphatic heterocycles. The van der Waals surface area contributed by atoms with Crippen LogP contribution in [0.3, 0.4) is 0 Å². The summed E-state index contributed by atoms with van der Waals surface area (Å²) in [5.74, 6) is -1.40. The number of thiophene rings is 1. The third kappa shape index (κ3) is 4.49. The van der Waals surface area contributed by atoms with Crippen molar-refractivity contribution in [1.82, 2.24) is 4.90 Å². The van der Waals surface area contributed by atoms with Gasteiger partial charge in [0, 0.05) is 6.04 Å². The molecule has 0 unspecified atom stereocenters. The zero-order chi connectivity index (χ0) is 21.0. The summed E-state index contributed by atoms with van der Waals surface area (Å²) >= 11 is 1.64. The van der Waals surface area contributed by atoms with E-state index in [0.29, 0.717) is 0 Å². The van der Waals surface area contributed by atoms with Crippen LogP contribution in [0.4, 0.5) is 5.69 Å². The van der Waals surface area contributed by atoms with Crippen molar-refractivity contribution >= 4 is 34.9 Å². The first-order valence-corrected chi connectivity index (χ1v) is 10.3. The number of benzene rings is 1. The molecule has 0 bridgehead atoms. The Kier molecular flexibility index (Phi) is 6.66. The van der Waals surface area contributed by atoms with Crippen molar-refractivity contribution in [2.24, 2.45) is 0 Å². The van der Waals surface area contributed by atoms with Gasteiger partial charge in [-0.3, -0.25) is 9.69 Å². The number of methoxy groups -OCH3 is 2. The summed E-state index contributed by atoms with van der Waals surface area (Å²) in [4.78, 5) is 39.1. The highest BCUT2D eigenvalue weighted by atomic mass is 32.1. The van der Waals surface area contributed by atoms with E-state index in [-0.39, 0.29) is 28.8 Å². The van der Waals surface area contributed by atoms with Crippen molar-refractivity contribution in [3.05, 3.63) is 51.7 Å². The molecule has 1 N–H and O–H groups in total. The fraction of sp³-hybridized carbons (Fsp3) is 0.381.